The van der Waals surface area contributed by atoms with Crippen molar-refractivity contribution in [3.8, 4) is 0 Å². The van der Waals surface area contributed by atoms with Gasteiger partial charge in [0.15, 0.2) is 0 Å². The summed E-state index contributed by atoms with van der Waals surface area (Å²) in [6, 6.07) is 19.0. The third-order valence-corrected chi connectivity index (χ3v) is 5.28. The molecule has 1 fully saturated rings. The first kappa shape index (κ1) is 18.7. The summed E-state index contributed by atoms with van der Waals surface area (Å²) in [5.41, 5.74) is 3.36. The van der Waals surface area contributed by atoms with Gasteiger partial charge in [-0.15, -0.1) is 0 Å². The Hall–Kier alpha value is -2.63. The van der Waals surface area contributed by atoms with Crippen LogP contribution in [-0.2, 0) is 19.6 Å². The van der Waals surface area contributed by atoms with Crippen molar-refractivity contribution in [2.75, 3.05) is 13.1 Å². The highest BCUT2D eigenvalue weighted by atomic mass is 15.2. The van der Waals surface area contributed by atoms with Gasteiger partial charge in [-0.3, -0.25) is 24.8 Å². The van der Waals surface area contributed by atoms with Gasteiger partial charge in [0.05, 0.1) is 17.1 Å². The number of pyridine rings is 3. The van der Waals surface area contributed by atoms with E-state index < -0.39 is 0 Å². The van der Waals surface area contributed by atoms with Crippen molar-refractivity contribution >= 4 is 0 Å². The molecule has 0 unspecified atom stereocenters. The Kier molecular flexibility index (Phi) is 6.37. The Labute approximate surface area is 167 Å². The standard InChI is InChI=1S/C23H27N5/c1-4-12-24-20(8-1)16-27(17-21-9-2-5-13-25-21)19-23-11-7-15-28(23)18-22-10-3-6-14-26-22/h1-6,8-10,12-14,23H,7,11,15-19H2/t23-/m0/s1. The topological polar surface area (TPSA) is 45.2 Å². The van der Waals surface area contributed by atoms with Crippen LogP contribution in [0.4, 0.5) is 0 Å². The van der Waals surface area contributed by atoms with Gasteiger partial charge in [0.1, 0.15) is 0 Å². The van der Waals surface area contributed by atoms with Crippen LogP contribution in [0.2, 0.25) is 0 Å². The molecule has 0 saturated carbocycles. The van der Waals surface area contributed by atoms with Crippen LogP contribution in [0.25, 0.3) is 0 Å². The van der Waals surface area contributed by atoms with E-state index in [1.165, 1.54) is 12.8 Å². The summed E-state index contributed by atoms with van der Waals surface area (Å²) >= 11 is 0. The lowest BCUT2D eigenvalue weighted by molar-refractivity contribution is 0.153. The fourth-order valence-electron chi connectivity index (χ4n) is 3.93. The normalized spacial score (nSPS) is 17.2. The molecule has 4 heterocycles. The Morgan fingerprint density at radius 3 is 1.89 bits per heavy atom. The Morgan fingerprint density at radius 2 is 1.36 bits per heavy atom. The molecule has 0 aromatic carbocycles. The number of likely N-dealkylation sites (tertiary alicyclic amines) is 1. The van der Waals surface area contributed by atoms with Crippen LogP contribution in [0, 0.1) is 0 Å². The molecule has 0 aliphatic carbocycles. The molecule has 28 heavy (non-hydrogen) atoms. The van der Waals surface area contributed by atoms with E-state index in [1.54, 1.807) is 0 Å². The lowest BCUT2D eigenvalue weighted by Gasteiger charge is -2.30. The van der Waals surface area contributed by atoms with Gasteiger partial charge in [0.2, 0.25) is 0 Å². The number of nitrogens with zero attached hydrogens (tertiary/aromatic N) is 5. The fourth-order valence-corrected chi connectivity index (χ4v) is 3.93. The van der Waals surface area contributed by atoms with E-state index in [4.69, 9.17) is 0 Å². The smallest absolute Gasteiger partial charge is 0.0544 e. The highest BCUT2D eigenvalue weighted by molar-refractivity contribution is 5.07. The Morgan fingerprint density at radius 1 is 0.786 bits per heavy atom. The van der Waals surface area contributed by atoms with E-state index in [0.717, 1.165) is 49.8 Å². The molecule has 144 valence electrons. The molecule has 1 saturated heterocycles. The van der Waals surface area contributed by atoms with Gasteiger partial charge in [0.25, 0.3) is 0 Å². The number of hydrogen-bond acceptors (Lipinski definition) is 5. The minimum absolute atomic E-state index is 0.537. The zero-order valence-corrected chi connectivity index (χ0v) is 16.2. The zero-order chi connectivity index (χ0) is 19.0. The van der Waals surface area contributed by atoms with Crippen molar-refractivity contribution in [3.63, 3.8) is 0 Å². The van der Waals surface area contributed by atoms with E-state index in [-0.39, 0.29) is 0 Å². The Bertz CT molecular complexity index is 784. The quantitative estimate of drug-likeness (QED) is 0.604. The molecule has 3 aromatic heterocycles. The predicted molar refractivity (Wildman–Crippen MR) is 110 cm³/mol. The molecule has 4 rings (SSSR count). The highest BCUT2D eigenvalue weighted by Gasteiger charge is 2.27. The molecule has 0 bridgehead atoms. The average molecular weight is 374 g/mol. The van der Waals surface area contributed by atoms with Crippen molar-refractivity contribution in [3.05, 3.63) is 90.3 Å². The second-order valence-corrected chi connectivity index (χ2v) is 7.40. The van der Waals surface area contributed by atoms with Crippen LogP contribution in [0.3, 0.4) is 0 Å². The van der Waals surface area contributed by atoms with E-state index in [9.17, 15) is 0 Å². The van der Waals surface area contributed by atoms with Crippen molar-refractivity contribution < 1.29 is 0 Å². The largest absolute Gasteiger partial charge is 0.293 e. The summed E-state index contributed by atoms with van der Waals surface area (Å²) in [6.45, 7) is 4.76. The van der Waals surface area contributed by atoms with Crippen LogP contribution in [0.5, 0.6) is 0 Å². The molecule has 5 heteroatoms. The first-order valence-corrected chi connectivity index (χ1v) is 10.0. The lowest BCUT2D eigenvalue weighted by atomic mass is 10.1. The molecular weight excluding hydrogens is 346 g/mol. The average Bonchev–Trinajstić information content (AvgIpc) is 3.17. The lowest BCUT2D eigenvalue weighted by Crippen LogP contribution is -2.40. The molecule has 0 spiro atoms. The maximum Gasteiger partial charge on any atom is 0.0544 e. The number of rotatable bonds is 8. The summed E-state index contributed by atoms with van der Waals surface area (Å²) in [4.78, 5) is 18.6. The van der Waals surface area contributed by atoms with Gasteiger partial charge in [-0.25, -0.2) is 0 Å². The maximum absolute atomic E-state index is 4.54. The van der Waals surface area contributed by atoms with Crippen molar-refractivity contribution in [1.82, 2.24) is 24.8 Å². The van der Waals surface area contributed by atoms with Crippen molar-refractivity contribution in [2.45, 2.75) is 38.5 Å². The third kappa shape index (κ3) is 5.21. The minimum atomic E-state index is 0.537. The fraction of sp³-hybridized carbons (Fsp3) is 0.348. The second-order valence-electron chi connectivity index (χ2n) is 7.40. The van der Waals surface area contributed by atoms with Crippen LogP contribution >= 0.6 is 0 Å². The molecule has 5 nitrogen and oxygen atoms in total. The van der Waals surface area contributed by atoms with E-state index in [0.29, 0.717) is 6.04 Å². The van der Waals surface area contributed by atoms with Gasteiger partial charge in [-0.2, -0.15) is 0 Å². The third-order valence-electron chi connectivity index (χ3n) is 5.28. The van der Waals surface area contributed by atoms with Crippen molar-refractivity contribution in [2.24, 2.45) is 0 Å². The highest BCUT2D eigenvalue weighted by Crippen LogP contribution is 2.21. The number of aromatic nitrogens is 3. The molecular formula is C23H27N5. The van der Waals surface area contributed by atoms with Crippen LogP contribution in [-0.4, -0.2) is 43.9 Å². The molecule has 1 aliphatic heterocycles. The van der Waals surface area contributed by atoms with Gasteiger partial charge in [-0.1, -0.05) is 18.2 Å². The first-order chi connectivity index (χ1) is 13.9. The molecule has 0 N–H and O–H groups in total. The van der Waals surface area contributed by atoms with E-state index in [2.05, 4.69) is 61.1 Å². The summed E-state index contributed by atoms with van der Waals surface area (Å²) in [7, 11) is 0. The van der Waals surface area contributed by atoms with Crippen LogP contribution in [0.1, 0.15) is 29.9 Å². The molecule has 0 amide bonds. The zero-order valence-electron chi connectivity index (χ0n) is 16.2. The summed E-state index contributed by atoms with van der Waals surface area (Å²) in [5, 5.41) is 0. The van der Waals surface area contributed by atoms with E-state index in [1.807, 2.05) is 36.8 Å². The molecule has 0 radical (unpaired) electrons. The summed E-state index contributed by atoms with van der Waals surface area (Å²) in [5.74, 6) is 0. The Balaban J connectivity index is 1.45. The van der Waals surface area contributed by atoms with Gasteiger partial charge < -0.3 is 0 Å². The van der Waals surface area contributed by atoms with Crippen LogP contribution < -0.4 is 0 Å². The molecule has 1 atom stereocenters. The van der Waals surface area contributed by atoms with Gasteiger partial charge >= 0.3 is 0 Å². The summed E-state index contributed by atoms with van der Waals surface area (Å²) < 4.78 is 0. The first-order valence-electron chi connectivity index (χ1n) is 10.0. The van der Waals surface area contributed by atoms with E-state index >= 15 is 0 Å². The number of hydrogen-bond donors (Lipinski definition) is 0. The van der Waals surface area contributed by atoms with Gasteiger partial charge in [0, 0.05) is 50.8 Å². The monoisotopic (exact) mass is 373 g/mol. The van der Waals surface area contributed by atoms with Gasteiger partial charge in [-0.05, 0) is 55.8 Å². The molecule has 3 aromatic rings. The molecule has 1 aliphatic rings. The predicted octanol–water partition coefficient (Wildman–Crippen LogP) is 3.54. The maximum atomic E-state index is 4.54. The SMILES string of the molecule is c1ccc(CN(Cc2ccccn2)C[C@@H]2CCCN2Cc2ccccn2)nc1. The minimum Gasteiger partial charge on any atom is -0.293 e. The van der Waals surface area contributed by atoms with Crippen LogP contribution in [0.15, 0.2) is 73.2 Å². The second kappa shape index (κ2) is 9.53. The van der Waals surface area contributed by atoms with Crippen molar-refractivity contribution in [1.29, 1.82) is 0 Å². The summed E-state index contributed by atoms with van der Waals surface area (Å²) in [6.07, 6.45) is 8.11.